The first-order valence-corrected chi connectivity index (χ1v) is 17.0. The topological polar surface area (TPSA) is 156 Å². The number of hydrogen-bond donors (Lipinski definition) is 3. The van der Waals surface area contributed by atoms with E-state index in [9.17, 15) is 33.1 Å². The van der Waals surface area contributed by atoms with E-state index in [2.05, 4.69) is 15.3 Å². The number of benzene rings is 1. The predicted octanol–water partition coefficient (Wildman–Crippen LogP) is 3.17. The zero-order valence-electron chi connectivity index (χ0n) is 24.3. The summed E-state index contributed by atoms with van der Waals surface area (Å²) in [6.07, 6.45) is 6.55. The number of amides is 3. The molecule has 3 amide bonds. The van der Waals surface area contributed by atoms with Gasteiger partial charge in [0.1, 0.15) is 24.2 Å². The summed E-state index contributed by atoms with van der Waals surface area (Å²) in [5.41, 5.74) is 0.817. The van der Waals surface area contributed by atoms with E-state index in [0.29, 0.717) is 40.9 Å². The van der Waals surface area contributed by atoms with Crippen LogP contribution in [0, 0.1) is 0 Å². The number of rotatable bonds is 7. The number of aromatic nitrogens is 2. The summed E-state index contributed by atoms with van der Waals surface area (Å²) < 4.78 is 26.2. The van der Waals surface area contributed by atoms with Crippen molar-refractivity contribution in [2.45, 2.75) is 62.1 Å². The molecule has 3 aliphatic heterocycles. The molecule has 0 spiro atoms. The molecular weight excluding hydrogens is 610 g/mol. The van der Waals surface area contributed by atoms with Gasteiger partial charge in [-0.05, 0) is 61.3 Å². The molecule has 3 aromatic rings. The van der Waals surface area contributed by atoms with Gasteiger partial charge in [0, 0.05) is 55.6 Å². The number of thiophene rings is 1. The second-order valence-corrected chi connectivity index (χ2v) is 14.6. The summed E-state index contributed by atoms with van der Waals surface area (Å²) in [7, 11) is -1.14. The van der Waals surface area contributed by atoms with E-state index in [-0.39, 0.29) is 29.3 Å². The van der Waals surface area contributed by atoms with Gasteiger partial charge in [-0.25, -0.2) is 14.4 Å². The number of likely N-dealkylation sites (tertiary alicyclic amines) is 1. The predicted molar refractivity (Wildman–Crippen MR) is 162 cm³/mol. The number of carbonyl (C=O) groups is 3. The third-order valence-electron chi connectivity index (χ3n) is 8.79. The molecule has 3 saturated heterocycles. The number of halogens is 1. The van der Waals surface area contributed by atoms with Gasteiger partial charge < -0.3 is 29.8 Å². The summed E-state index contributed by atoms with van der Waals surface area (Å²) >= 11 is 1.14. The second kappa shape index (κ2) is 11.8. The highest BCUT2D eigenvalue weighted by Crippen LogP contribution is 2.53. The van der Waals surface area contributed by atoms with Crippen molar-refractivity contribution in [3.63, 3.8) is 0 Å². The zero-order valence-corrected chi connectivity index (χ0v) is 26.0. The molecule has 15 heteroatoms. The smallest absolute Gasteiger partial charge is 0.362 e. The highest BCUT2D eigenvalue weighted by molar-refractivity contribution is 7.51. The lowest BCUT2D eigenvalue weighted by Crippen LogP contribution is -2.58. The van der Waals surface area contributed by atoms with Gasteiger partial charge in [0.2, 0.25) is 17.7 Å². The Hall–Kier alpha value is -3.45. The van der Waals surface area contributed by atoms with Crippen LogP contribution in [-0.4, -0.2) is 92.6 Å². The van der Waals surface area contributed by atoms with Crippen LogP contribution < -0.4 is 10.2 Å². The summed E-state index contributed by atoms with van der Waals surface area (Å²) in [5.74, 6) is -2.31. The van der Waals surface area contributed by atoms with Crippen LogP contribution in [0.1, 0.15) is 64.7 Å². The van der Waals surface area contributed by atoms with E-state index in [0.717, 1.165) is 42.0 Å². The summed E-state index contributed by atoms with van der Waals surface area (Å²) in [6, 6.07) is 4.24. The minimum absolute atomic E-state index is 0.0521. The van der Waals surface area contributed by atoms with Crippen LogP contribution in [0.4, 0.5) is 10.2 Å². The average molecular weight is 645 g/mol. The fourth-order valence-corrected chi connectivity index (χ4v) is 8.04. The van der Waals surface area contributed by atoms with E-state index in [1.165, 1.54) is 30.6 Å². The molecule has 0 saturated carbocycles. The van der Waals surface area contributed by atoms with Crippen molar-refractivity contribution in [3.05, 3.63) is 52.8 Å². The van der Waals surface area contributed by atoms with Crippen LogP contribution in [0.2, 0.25) is 0 Å². The standard InChI is InChI=1S/C29H34FN6O6PS/c1-34(2)26-20(12-31-15-32-26)18-13-35(14-18)29(39)22-8-7-19-4-3-5-21(28(38)36(19)22)33-27(37)24-11-17-10-16(6-9-23(17)44-24)25(30)43(40,41)42/h6,9-12,15,18-19,21-22,25H,3-5,7-8,13-14H2,1-2H3,(H,33,37)(H2,40,41,42)/t19-,21-,22-,25?/m0/s1. The van der Waals surface area contributed by atoms with E-state index >= 15 is 0 Å². The summed E-state index contributed by atoms with van der Waals surface area (Å²) in [4.78, 5) is 73.4. The minimum atomic E-state index is -4.97. The van der Waals surface area contributed by atoms with Crippen molar-refractivity contribution in [2.24, 2.45) is 0 Å². The first-order valence-electron chi connectivity index (χ1n) is 14.5. The maximum atomic E-state index is 14.2. The molecule has 1 aromatic carbocycles. The number of fused-ring (bicyclic) bond motifs is 2. The SMILES string of the molecule is CN(C)c1ncncc1C1CN(C(=O)[C@@H]2CC[C@@H]3CCC[C@H](NC(=O)c4cc5cc(C(F)P(=O)(O)O)ccc5s4)C(=O)N32)C1. The third-order valence-corrected chi connectivity index (χ3v) is 10.8. The maximum absolute atomic E-state index is 14.2. The first kappa shape index (κ1) is 30.6. The highest BCUT2D eigenvalue weighted by atomic mass is 32.1. The van der Waals surface area contributed by atoms with Gasteiger partial charge in [0.15, 0.2) is 0 Å². The number of anilines is 1. The van der Waals surface area contributed by atoms with Crippen molar-refractivity contribution >= 4 is 52.6 Å². The normalized spacial score (nSPS) is 23.2. The van der Waals surface area contributed by atoms with Crippen LogP contribution >= 0.6 is 18.9 Å². The largest absolute Gasteiger partial charge is 0.363 e. The number of alkyl halides is 1. The van der Waals surface area contributed by atoms with Crippen molar-refractivity contribution in [2.75, 3.05) is 32.1 Å². The van der Waals surface area contributed by atoms with Crippen molar-refractivity contribution in [1.29, 1.82) is 0 Å². The Morgan fingerprint density at radius 3 is 2.66 bits per heavy atom. The Labute approximate surface area is 257 Å². The summed E-state index contributed by atoms with van der Waals surface area (Å²) in [6.45, 7) is 1.06. The monoisotopic (exact) mass is 644 g/mol. The van der Waals surface area contributed by atoms with Gasteiger partial charge in [-0.2, -0.15) is 0 Å². The molecule has 1 unspecified atom stereocenters. The first-order chi connectivity index (χ1) is 20.9. The van der Waals surface area contributed by atoms with Crippen LogP contribution in [0.3, 0.4) is 0 Å². The molecule has 0 bridgehead atoms. The van der Waals surface area contributed by atoms with Gasteiger partial charge in [0.05, 0.1) is 4.88 Å². The molecule has 0 aliphatic carbocycles. The van der Waals surface area contributed by atoms with Crippen molar-refractivity contribution in [1.82, 2.24) is 25.1 Å². The molecule has 6 rings (SSSR count). The molecule has 234 valence electrons. The number of nitrogens with zero attached hydrogens (tertiary/aromatic N) is 5. The third kappa shape index (κ3) is 5.71. The van der Waals surface area contributed by atoms with Crippen LogP contribution in [0.5, 0.6) is 0 Å². The molecule has 4 atom stereocenters. The molecule has 3 aliphatic rings. The van der Waals surface area contributed by atoms with E-state index < -0.39 is 31.5 Å². The van der Waals surface area contributed by atoms with Crippen molar-refractivity contribution in [3.8, 4) is 0 Å². The Kier molecular flexibility index (Phi) is 8.20. The molecule has 3 fully saturated rings. The van der Waals surface area contributed by atoms with Gasteiger partial charge in [-0.15, -0.1) is 11.3 Å². The molecule has 5 heterocycles. The van der Waals surface area contributed by atoms with Gasteiger partial charge in [-0.3, -0.25) is 18.9 Å². The quantitative estimate of drug-likeness (QED) is 0.329. The molecule has 44 heavy (non-hydrogen) atoms. The van der Waals surface area contributed by atoms with Crippen molar-refractivity contribution < 1.29 is 33.1 Å². The van der Waals surface area contributed by atoms with Gasteiger partial charge >= 0.3 is 7.60 Å². The lowest BCUT2D eigenvalue weighted by atomic mass is 9.91. The fraction of sp³-hybridized carbons (Fsp3) is 0.483. The van der Waals surface area contributed by atoms with E-state index in [1.54, 1.807) is 16.0 Å². The maximum Gasteiger partial charge on any atom is 0.363 e. The van der Waals surface area contributed by atoms with Crippen LogP contribution in [0.25, 0.3) is 10.1 Å². The van der Waals surface area contributed by atoms with Crippen LogP contribution in [-0.2, 0) is 14.2 Å². The van der Waals surface area contributed by atoms with E-state index in [4.69, 9.17) is 0 Å². The molecule has 0 radical (unpaired) electrons. The lowest BCUT2D eigenvalue weighted by molar-refractivity contribution is -0.148. The molecule has 12 nitrogen and oxygen atoms in total. The zero-order chi connectivity index (χ0) is 31.3. The Bertz CT molecular complexity index is 1660. The molecule has 3 N–H and O–H groups in total. The lowest BCUT2D eigenvalue weighted by Gasteiger charge is -2.43. The number of nitrogens with one attached hydrogen (secondary N) is 1. The highest BCUT2D eigenvalue weighted by Gasteiger charge is 2.48. The average Bonchev–Trinajstić information content (AvgIpc) is 3.55. The minimum Gasteiger partial charge on any atom is -0.362 e. The Morgan fingerprint density at radius 1 is 1.16 bits per heavy atom. The summed E-state index contributed by atoms with van der Waals surface area (Å²) in [5, 5.41) is 3.33. The second-order valence-electron chi connectivity index (χ2n) is 11.9. The Balaban J connectivity index is 1.13. The van der Waals surface area contributed by atoms with Crippen LogP contribution in [0.15, 0.2) is 36.8 Å². The molecular formula is C29H34FN6O6PS. The number of carbonyl (C=O) groups excluding carboxylic acids is 3. The fourth-order valence-electron chi connectivity index (χ4n) is 6.54. The Morgan fingerprint density at radius 2 is 1.93 bits per heavy atom. The van der Waals surface area contributed by atoms with Gasteiger partial charge in [-0.1, -0.05) is 6.07 Å². The number of hydrogen-bond acceptors (Lipinski definition) is 8. The van der Waals surface area contributed by atoms with Gasteiger partial charge in [0.25, 0.3) is 5.91 Å². The molecule has 2 aromatic heterocycles. The van der Waals surface area contributed by atoms with E-state index in [1.807, 2.05) is 19.0 Å².